The lowest BCUT2D eigenvalue weighted by molar-refractivity contribution is 0.411. The zero-order chi connectivity index (χ0) is 15.1. The number of rotatable bonds is 2. The Bertz CT molecular complexity index is 836. The molecule has 0 saturated heterocycles. The fourth-order valence-corrected chi connectivity index (χ4v) is 2.74. The molecule has 0 bridgehead atoms. The molecule has 0 spiro atoms. The third-order valence-corrected chi connectivity index (χ3v) is 3.96. The van der Waals surface area contributed by atoms with Crippen LogP contribution < -0.4 is 10.5 Å². The molecular formula is C16H18N4O. The van der Waals surface area contributed by atoms with Gasteiger partial charge in [0, 0.05) is 11.4 Å². The molecule has 0 fully saturated rings. The molecule has 0 atom stereocenters. The fraction of sp³-hybridized carbons (Fsp3) is 0.250. The van der Waals surface area contributed by atoms with Crippen LogP contribution in [0.5, 0.6) is 5.75 Å². The summed E-state index contributed by atoms with van der Waals surface area (Å²) in [4.78, 5) is 8.51. The lowest BCUT2D eigenvalue weighted by Crippen LogP contribution is -2.00. The molecule has 108 valence electrons. The summed E-state index contributed by atoms with van der Waals surface area (Å²) in [6.07, 6.45) is 1.50. The summed E-state index contributed by atoms with van der Waals surface area (Å²) in [7, 11) is 1.68. The second-order valence-electron chi connectivity index (χ2n) is 5.16. The number of nitrogens with zero attached hydrogens (tertiary/aromatic N) is 3. The van der Waals surface area contributed by atoms with Crippen molar-refractivity contribution in [2.75, 3.05) is 12.8 Å². The smallest absolute Gasteiger partial charge is 0.150 e. The van der Waals surface area contributed by atoms with Gasteiger partial charge in [-0.3, -0.25) is 4.57 Å². The Balaban J connectivity index is 2.33. The number of nitrogen functional groups attached to an aromatic ring is 1. The standard InChI is InChI=1S/C16H18N4O/c1-9-7-12(5-6-13(9)21-4)20-11(3)10(2)14-15(17)18-8-19-16(14)20/h5-8H,1-4H3,(H2,17,18,19). The number of aryl methyl sites for hydroxylation is 2. The monoisotopic (exact) mass is 282 g/mol. The quantitative estimate of drug-likeness (QED) is 0.784. The van der Waals surface area contributed by atoms with E-state index in [0.29, 0.717) is 5.82 Å². The van der Waals surface area contributed by atoms with Crippen molar-refractivity contribution in [3.63, 3.8) is 0 Å². The van der Waals surface area contributed by atoms with Crippen LogP contribution in [0, 0.1) is 20.8 Å². The van der Waals surface area contributed by atoms with Crippen molar-refractivity contribution in [2.45, 2.75) is 20.8 Å². The predicted molar refractivity (Wildman–Crippen MR) is 84.0 cm³/mol. The number of hydrogen-bond donors (Lipinski definition) is 1. The number of nitrogens with two attached hydrogens (primary N) is 1. The average Bonchev–Trinajstić information content (AvgIpc) is 2.72. The Kier molecular flexibility index (Phi) is 3.05. The van der Waals surface area contributed by atoms with Gasteiger partial charge in [-0.25, -0.2) is 9.97 Å². The van der Waals surface area contributed by atoms with E-state index in [9.17, 15) is 0 Å². The van der Waals surface area contributed by atoms with E-state index in [1.807, 2.05) is 26.0 Å². The van der Waals surface area contributed by atoms with E-state index < -0.39 is 0 Å². The predicted octanol–water partition coefficient (Wildman–Crippen LogP) is 2.94. The Morgan fingerprint density at radius 1 is 1.14 bits per heavy atom. The molecule has 0 aliphatic carbocycles. The maximum absolute atomic E-state index is 6.01. The van der Waals surface area contributed by atoms with Gasteiger partial charge in [-0.1, -0.05) is 0 Å². The molecule has 1 aromatic carbocycles. The summed E-state index contributed by atoms with van der Waals surface area (Å²) in [5.74, 6) is 1.39. The number of benzene rings is 1. The summed E-state index contributed by atoms with van der Waals surface area (Å²) in [6.45, 7) is 6.14. The van der Waals surface area contributed by atoms with Gasteiger partial charge in [0.25, 0.3) is 0 Å². The first-order valence-electron chi connectivity index (χ1n) is 6.77. The van der Waals surface area contributed by atoms with Crippen LogP contribution in [-0.4, -0.2) is 21.6 Å². The van der Waals surface area contributed by atoms with Gasteiger partial charge in [0.05, 0.1) is 12.5 Å². The number of ether oxygens (including phenoxy) is 1. The van der Waals surface area contributed by atoms with Crippen LogP contribution in [0.4, 0.5) is 5.82 Å². The first-order chi connectivity index (χ1) is 10.0. The van der Waals surface area contributed by atoms with Gasteiger partial charge in [0.15, 0.2) is 5.65 Å². The lowest BCUT2D eigenvalue weighted by Gasteiger charge is -2.11. The van der Waals surface area contributed by atoms with Crippen molar-refractivity contribution in [1.82, 2.24) is 14.5 Å². The zero-order valence-corrected chi connectivity index (χ0v) is 12.6. The molecule has 3 aromatic rings. The topological polar surface area (TPSA) is 66.0 Å². The van der Waals surface area contributed by atoms with Crippen LogP contribution in [0.25, 0.3) is 16.7 Å². The molecule has 0 saturated carbocycles. The van der Waals surface area contributed by atoms with Crippen LogP contribution in [-0.2, 0) is 0 Å². The van der Waals surface area contributed by atoms with Crippen molar-refractivity contribution in [1.29, 1.82) is 0 Å². The van der Waals surface area contributed by atoms with Gasteiger partial charge in [0.1, 0.15) is 17.9 Å². The fourth-order valence-electron chi connectivity index (χ4n) is 2.74. The first-order valence-corrected chi connectivity index (χ1v) is 6.77. The molecule has 0 radical (unpaired) electrons. The minimum atomic E-state index is 0.518. The molecule has 0 unspecified atom stereocenters. The van der Waals surface area contributed by atoms with Crippen LogP contribution in [0.1, 0.15) is 16.8 Å². The molecule has 0 aliphatic rings. The van der Waals surface area contributed by atoms with E-state index in [0.717, 1.165) is 39.3 Å². The molecule has 2 heterocycles. The van der Waals surface area contributed by atoms with Gasteiger partial charge < -0.3 is 10.5 Å². The maximum atomic E-state index is 6.01. The molecule has 5 nitrogen and oxygen atoms in total. The molecule has 2 N–H and O–H groups in total. The van der Waals surface area contributed by atoms with Gasteiger partial charge in [-0.2, -0.15) is 0 Å². The highest BCUT2D eigenvalue weighted by Crippen LogP contribution is 2.31. The van der Waals surface area contributed by atoms with Gasteiger partial charge in [-0.05, 0) is 50.1 Å². The number of aromatic nitrogens is 3. The summed E-state index contributed by atoms with van der Waals surface area (Å²) < 4.78 is 7.43. The van der Waals surface area contributed by atoms with E-state index in [2.05, 4.69) is 27.5 Å². The van der Waals surface area contributed by atoms with Crippen molar-refractivity contribution in [3.05, 3.63) is 41.3 Å². The summed E-state index contributed by atoms with van der Waals surface area (Å²) in [6, 6.07) is 6.08. The molecule has 0 aliphatic heterocycles. The Hall–Kier alpha value is -2.56. The number of methoxy groups -OCH3 is 1. The molecule has 3 rings (SSSR count). The molecule has 2 aromatic heterocycles. The van der Waals surface area contributed by atoms with Crippen LogP contribution in [0.3, 0.4) is 0 Å². The first kappa shape index (κ1) is 13.4. The molecule has 5 heteroatoms. The van der Waals surface area contributed by atoms with E-state index in [-0.39, 0.29) is 0 Å². The van der Waals surface area contributed by atoms with Crippen LogP contribution >= 0.6 is 0 Å². The van der Waals surface area contributed by atoms with Gasteiger partial charge in [-0.15, -0.1) is 0 Å². The Labute approximate surface area is 123 Å². The van der Waals surface area contributed by atoms with Crippen molar-refractivity contribution in [3.8, 4) is 11.4 Å². The minimum Gasteiger partial charge on any atom is -0.496 e. The SMILES string of the molecule is COc1ccc(-n2c(C)c(C)c3c(N)ncnc32)cc1C. The number of hydrogen-bond acceptors (Lipinski definition) is 4. The van der Waals surface area contributed by atoms with Gasteiger partial charge >= 0.3 is 0 Å². The third kappa shape index (κ3) is 1.93. The third-order valence-electron chi connectivity index (χ3n) is 3.96. The Morgan fingerprint density at radius 2 is 1.90 bits per heavy atom. The second kappa shape index (κ2) is 4.77. The van der Waals surface area contributed by atoms with Crippen LogP contribution in [0.2, 0.25) is 0 Å². The van der Waals surface area contributed by atoms with E-state index in [1.54, 1.807) is 7.11 Å². The van der Waals surface area contributed by atoms with E-state index in [4.69, 9.17) is 10.5 Å². The van der Waals surface area contributed by atoms with Gasteiger partial charge in [0.2, 0.25) is 0 Å². The van der Waals surface area contributed by atoms with Crippen molar-refractivity contribution < 1.29 is 4.74 Å². The Morgan fingerprint density at radius 3 is 2.57 bits per heavy atom. The average molecular weight is 282 g/mol. The van der Waals surface area contributed by atoms with Crippen molar-refractivity contribution in [2.24, 2.45) is 0 Å². The highest BCUT2D eigenvalue weighted by Gasteiger charge is 2.16. The molecule has 21 heavy (non-hydrogen) atoms. The van der Waals surface area contributed by atoms with Crippen molar-refractivity contribution >= 4 is 16.9 Å². The van der Waals surface area contributed by atoms with E-state index >= 15 is 0 Å². The lowest BCUT2D eigenvalue weighted by atomic mass is 10.2. The maximum Gasteiger partial charge on any atom is 0.150 e. The normalized spacial score (nSPS) is 11.0. The number of anilines is 1. The summed E-state index contributed by atoms with van der Waals surface area (Å²) >= 11 is 0. The summed E-state index contributed by atoms with van der Waals surface area (Å²) in [5, 5.41) is 0.920. The minimum absolute atomic E-state index is 0.518. The summed E-state index contributed by atoms with van der Waals surface area (Å²) in [5.41, 5.74) is 11.2. The second-order valence-corrected chi connectivity index (χ2v) is 5.16. The van der Waals surface area contributed by atoms with Crippen LogP contribution in [0.15, 0.2) is 24.5 Å². The highest BCUT2D eigenvalue weighted by atomic mass is 16.5. The number of fused-ring (bicyclic) bond motifs is 1. The molecular weight excluding hydrogens is 264 g/mol. The van der Waals surface area contributed by atoms with E-state index in [1.165, 1.54) is 6.33 Å². The highest BCUT2D eigenvalue weighted by molar-refractivity contribution is 5.92. The largest absolute Gasteiger partial charge is 0.496 e. The molecule has 0 amide bonds. The zero-order valence-electron chi connectivity index (χ0n) is 12.6.